The van der Waals surface area contributed by atoms with Gasteiger partial charge in [-0.1, -0.05) is 27.7 Å². The summed E-state index contributed by atoms with van der Waals surface area (Å²) in [6.45, 7) is 12.6. The first-order valence-electron chi connectivity index (χ1n) is 7.63. The van der Waals surface area contributed by atoms with Crippen molar-refractivity contribution in [2.45, 2.75) is 34.6 Å². The highest BCUT2D eigenvalue weighted by atomic mass is 16.1. The maximum atomic E-state index is 11.9. The molecule has 21 heavy (non-hydrogen) atoms. The zero-order valence-corrected chi connectivity index (χ0v) is 13.7. The van der Waals surface area contributed by atoms with Gasteiger partial charge in [0.2, 0.25) is 0 Å². The van der Waals surface area contributed by atoms with Gasteiger partial charge in [0, 0.05) is 18.7 Å². The molecule has 0 bridgehead atoms. The maximum absolute atomic E-state index is 11.9. The fourth-order valence-electron chi connectivity index (χ4n) is 3.17. The van der Waals surface area contributed by atoms with E-state index in [0.717, 1.165) is 12.2 Å². The van der Waals surface area contributed by atoms with Crippen LogP contribution in [-0.4, -0.2) is 19.0 Å². The minimum absolute atomic E-state index is 0.0624. The highest BCUT2D eigenvalue weighted by molar-refractivity contribution is 5.96. The van der Waals surface area contributed by atoms with E-state index < -0.39 is 0 Å². The van der Waals surface area contributed by atoms with E-state index in [0.29, 0.717) is 34.5 Å². The van der Waals surface area contributed by atoms with Crippen molar-refractivity contribution in [1.29, 1.82) is 0 Å². The number of anilines is 2. The van der Waals surface area contributed by atoms with E-state index in [1.807, 2.05) is 13.0 Å². The zero-order chi connectivity index (χ0) is 15.8. The number of nitrogens with two attached hydrogens (primary N) is 1. The molecule has 0 unspecified atom stereocenters. The summed E-state index contributed by atoms with van der Waals surface area (Å²) in [5, 5.41) is 6.22. The summed E-state index contributed by atoms with van der Waals surface area (Å²) in [6, 6.07) is 5.38. The summed E-state index contributed by atoms with van der Waals surface area (Å²) in [4.78, 5) is 11.9. The molecule has 1 aromatic carbocycles. The van der Waals surface area contributed by atoms with Crippen molar-refractivity contribution in [2.24, 2.45) is 16.7 Å². The Bertz CT molecular complexity index is 535. The molecule has 4 nitrogen and oxygen atoms in total. The fraction of sp³-hybridized carbons (Fsp3) is 0.588. The third-order valence-electron chi connectivity index (χ3n) is 5.47. The van der Waals surface area contributed by atoms with E-state index in [-0.39, 0.29) is 5.91 Å². The van der Waals surface area contributed by atoms with Crippen LogP contribution in [0.2, 0.25) is 0 Å². The second-order valence-corrected chi connectivity index (χ2v) is 7.04. The number of carbonyl (C=O) groups is 1. The molecular formula is C17H27N3O. The van der Waals surface area contributed by atoms with Gasteiger partial charge in [0.25, 0.3) is 5.91 Å². The van der Waals surface area contributed by atoms with Crippen molar-refractivity contribution >= 4 is 17.3 Å². The second kappa shape index (κ2) is 5.24. The monoisotopic (exact) mass is 289 g/mol. The molecule has 1 aliphatic rings. The summed E-state index contributed by atoms with van der Waals surface area (Å²) < 4.78 is 0. The van der Waals surface area contributed by atoms with Gasteiger partial charge < -0.3 is 16.4 Å². The van der Waals surface area contributed by atoms with Crippen LogP contribution in [0, 0.1) is 16.7 Å². The van der Waals surface area contributed by atoms with Crippen LogP contribution in [0.5, 0.6) is 0 Å². The van der Waals surface area contributed by atoms with Gasteiger partial charge in [-0.25, -0.2) is 0 Å². The minimum atomic E-state index is -0.0624. The molecule has 0 aliphatic heterocycles. The smallest absolute Gasteiger partial charge is 0.251 e. The lowest BCUT2D eigenvalue weighted by molar-refractivity contribution is 0.0956. The molecule has 4 N–H and O–H groups in total. The van der Waals surface area contributed by atoms with Crippen LogP contribution in [0.4, 0.5) is 11.4 Å². The highest BCUT2D eigenvalue weighted by Gasteiger charge is 2.64. The van der Waals surface area contributed by atoms with Crippen molar-refractivity contribution in [1.82, 2.24) is 5.32 Å². The Morgan fingerprint density at radius 1 is 1.24 bits per heavy atom. The lowest BCUT2D eigenvalue weighted by Crippen LogP contribution is -2.22. The molecule has 0 atom stereocenters. The Labute approximate surface area is 127 Å². The van der Waals surface area contributed by atoms with Gasteiger partial charge in [0.05, 0.1) is 11.4 Å². The van der Waals surface area contributed by atoms with Crippen molar-refractivity contribution in [3.05, 3.63) is 23.8 Å². The largest absolute Gasteiger partial charge is 0.397 e. The predicted molar refractivity (Wildman–Crippen MR) is 88.4 cm³/mol. The first kappa shape index (κ1) is 15.7. The lowest BCUT2D eigenvalue weighted by Gasteiger charge is -2.12. The molecule has 1 amide bonds. The Morgan fingerprint density at radius 2 is 1.86 bits per heavy atom. The maximum Gasteiger partial charge on any atom is 0.251 e. The van der Waals surface area contributed by atoms with Gasteiger partial charge in [-0.05, 0) is 41.9 Å². The third kappa shape index (κ3) is 2.71. The summed E-state index contributed by atoms with van der Waals surface area (Å²) >= 11 is 0. The summed E-state index contributed by atoms with van der Waals surface area (Å²) in [7, 11) is 0. The van der Waals surface area contributed by atoms with Crippen LogP contribution in [0.15, 0.2) is 18.2 Å². The predicted octanol–water partition coefficient (Wildman–Crippen LogP) is 3.11. The quantitative estimate of drug-likeness (QED) is 0.730. The number of nitrogens with one attached hydrogen (secondary N) is 2. The van der Waals surface area contributed by atoms with E-state index >= 15 is 0 Å². The Morgan fingerprint density at radius 3 is 2.38 bits per heavy atom. The molecule has 1 saturated carbocycles. The van der Waals surface area contributed by atoms with E-state index in [9.17, 15) is 4.79 Å². The number of benzene rings is 1. The minimum Gasteiger partial charge on any atom is -0.397 e. The number of hydrogen-bond acceptors (Lipinski definition) is 3. The topological polar surface area (TPSA) is 67.2 Å². The molecule has 0 aromatic heterocycles. The van der Waals surface area contributed by atoms with Gasteiger partial charge in [-0.3, -0.25) is 4.79 Å². The molecule has 116 valence electrons. The van der Waals surface area contributed by atoms with Crippen LogP contribution >= 0.6 is 0 Å². The zero-order valence-electron chi connectivity index (χ0n) is 13.7. The molecule has 1 aromatic rings. The number of hydrogen-bond donors (Lipinski definition) is 3. The molecule has 1 aliphatic carbocycles. The molecular weight excluding hydrogens is 262 g/mol. The third-order valence-corrected chi connectivity index (χ3v) is 5.47. The van der Waals surface area contributed by atoms with Crippen molar-refractivity contribution in [3.63, 3.8) is 0 Å². The number of amides is 1. The van der Waals surface area contributed by atoms with E-state index in [1.165, 1.54) is 0 Å². The Kier molecular flexibility index (Phi) is 3.91. The molecule has 4 heteroatoms. The lowest BCUT2D eigenvalue weighted by atomic mass is 10.0. The highest BCUT2D eigenvalue weighted by Crippen LogP contribution is 2.68. The fourth-order valence-corrected chi connectivity index (χ4v) is 3.17. The average molecular weight is 289 g/mol. The standard InChI is InChI=1S/C17H27N3O/c1-6-19-15(21)11-7-8-12(18)13(9-11)20-10-14-16(2,3)17(14,4)5/h7-9,14,20H,6,10,18H2,1-5H3,(H,19,21). The molecule has 2 rings (SSSR count). The summed E-state index contributed by atoms with van der Waals surface area (Å²) in [6.07, 6.45) is 0. The van der Waals surface area contributed by atoms with Crippen LogP contribution in [0.25, 0.3) is 0 Å². The van der Waals surface area contributed by atoms with Gasteiger partial charge in [0.15, 0.2) is 0 Å². The first-order chi connectivity index (χ1) is 9.71. The molecule has 0 radical (unpaired) electrons. The van der Waals surface area contributed by atoms with E-state index in [2.05, 4.69) is 38.3 Å². The van der Waals surface area contributed by atoms with Crippen molar-refractivity contribution < 1.29 is 4.79 Å². The van der Waals surface area contributed by atoms with E-state index in [4.69, 9.17) is 5.73 Å². The van der Waals surface area contributed by atoms with E-state index in [1.54, 1.807) is 12.1 Å². The Balaban J connectivity index is 2.07. The number of nitrogen functional groups attached to an aromatic ring is 1. The second-order valence-electron chi connectivity index (χ2n) is 7.04. The van der Waals surface area contributed by atoms with Crippen LogP contribution in [0.1, 0.15) is 45.0 Å². The van der Waals surface area contributed by atoms with Gasteiger partial charge in [0.1, 0.15) is 0 Å². The average Bonchev–Trinajstić information content (AvgIpc) is 2.79. The summed E-state index contributed by atoms with van der Waals surface area (Å²) in [5.74, 6) is 0.546. The Hall–Kier alpha value is -1.71. The van der Waals surface area contributed by atoms with Gasteiger partial charge in [-0.15, -0.1) is 0 Å². The molecule has 0 saturated heterocycles. The SMILES string of the molecule is CCNC(=O)c1ccc(N)c(NCC2C(C)(C)C2(C)C)c1. The van der Waals surface area contributed by atoms with Gasteiger partial charge >= 0.3 is 0 Å². The van der Waals surface area contributed by atoms with Crippen LogP contribution < -0.4 is 16.4 Å². The normalized spacial score (nSPS) is 19.1. The molecule has 0 heterocycles. The molecule has 0 spiro atoms. The van der Waals surface area contributed by atoms with Gasteiger partial charge in [-0.2, -0.15) is 0 Å². The van der Waals surface area contributed by atoms with Crippen molar-refractivity contribution in [3.8, 4) is 0 Å². The van der Waals surface area contributed by atoms with Crippen LogP contribution in [-0.2, 0) is 0 Å². The van der Waals surface area contributed by atoms with Crippen molar-refractivity contribution in [2.75, 3.05) is 24.1 Å². The first-order valence-corrected chi connectivity index (χ1v) is 7.63. The van der Waals surface area contributed by atoms with Crippen LogP contribution in [0.3, 0.4) is 0 Å². The number of rotatable bonds is 5. The summed E-state index contributed by atoms with van der Waals surface area (Å²) in [5.41, 5.74) is 8.86. The number of carbonyl (C=O) groups excluding carboxylic acids is 1. The molecule has 1 fully saturated rings.